The predicted octanol–water partition coefficient (Wildman–Crippen LogP) is 2.49. The molecule has 0 aromatic rings. The Kier molecular flexibility index (Phi) is 6.14. The summed E-state index contributed by atoms with van der Waals surface area (Å²) in [5, 5.41) is 0. The third-order valence-electron chi connectivity index (χ3n) is 4.13. The highest BCUT2D eigenvalue weighted by Crippen LogP contribution is 2.25. The Balaban J connectivity index is 2.51. The summed E-state index contributed by atoms with van der Waals surface area (Å²) in [7, 11) is 0. The molecule has 17 heavy (non-hydrogen) atoms. The van der Waals surface area contributed by atoms with Crippen LogP contribution in [0.3, 0.4) is 0 Å². The molecule has 0 aromatic carbocycles. The molecule has 1 rings (SSSR count). The maximum atomic E-state index is 11.3. The second kappa shape index (κ2) is 7.12. The minimum absolute atomic E-state index is 0.158. The van der Waals surface area contributed by atoms with E-state index in [-0.39, 0.29) is 5.41 Å². The fourth-order valence-corrected chi connectivity index (χ4v) is 2.50. The summed E-state index contributed by atoms with van der Waals surface area (Å²) >= 11 is 0. The average molecular weight is 241 g/mol. The van der Waals surface area contributed by atoms with E-state index in [1.807, 2.05) is 0 Å². The summed E-state index contributed by atoms with van der Waals surface area (Å²) in [6.07, 6.45) is 5.74. The number of nitrogens with zero attached hydrogens (tertiary/aromatic N) is 1. The van der Waals surface area contributed by atoms with E-state index in [9.17, 15) is 4.79 Å². The Hall–Kier alpha value is -0.410. The Morgan fingerprint density at radius 3 is 2.47 bits per heavy atom. The van der Waals surface area contributed by atoms with Gasteiger partial charge < -0.3 is 14.4 Å². The van der Waals surface area contributed by atoms with Crippen LogP contribution >= 0.6 is 0 Å². The zero-order valence-electron chi connectivity index (χ0n) is 11.6. The predicted molar refractivity (Wildman–Crippen MR) is 70.2 cm³/mol. The molecule has 0 spiro atoms. The summed E-state index contributed by atoms with van der Waals surface area (Å²) in [4.78, 5) is 13.7. The highest BCUT2D eigenvalue weighted by molar-refractivity contribution is 5.59. The highest BCUT2D eigenvalue weighted by Gasteiger charge is 2.29. The number of hydrogen-bond acceptors (Lipinski definition) is 3. The number of carbonyl (C=O) groups is 1. The summed E-state index contributed by atoms with van der Waals surface area (Å²) in [6, 6.07) is 0. The van der Waals surface area contributed by atoms with Gasteiger partial charge in [0.1, 0.15) is 6.29 Å². The van der Waals surface area contributed by atoms with Crippen molar-refractivity contribution in [3.05, 3.63) is 0 Å². The minimum atomic E-state index is -0.158. The van der Waals surface area contributed by atoms with Gasteiger partial charge in [-0.3, -0.25) is 0 Å². The van der Waals surface area contributed by atoms with Crippen LogP contribution in [-0.2, 0) is 9.53 Å². The van der Waals surface area contributed by atoms with Crippen LogP contribution < -0.4 is 0 Å². The molecule has 1 aliphatic heterocycles. The topological polar surface area (TPSA) is 29.5 Å². The van der Waals surface area contributed by atoms with Crippen molar-refractivity contribution in [2.24, 2.45) is 5.41 Å². The smallest absolute Gasteiger partial charge is 0.127 e. The standard InChI is InChI=1S/C14H27NO2/c1-4-14(5-2,12-16)11-15(6-3)10-13-8-7-9-17-13/h12-13H,4-11H2,1-3H3. The molecule has 0 radical (unpaired) electrons. The van der Waals surface area contributed by atoms with Crippen LogP contribution in [0, 0.1) is 5.41 Å². The van der Waals surface area contributed by atoms with E-state index < -0.39 is 0 Å². The van der Waals surface area contributed by atoms with E-state index in [0.717, 1.165) is 45.4 Å². The van der Waals surface area contributed by atoms with Crippen LogP contribution in [0.5, 0.6) is 0 Å². The SMILES string of the molecule is CCN(CC1CCCO1)CC(C=O)(CC)CC. The van der Waals surface area contributed by atoms with Crippen LogP contribution in [-0.4, -0.2) is 43.5 Å². The molecular formula is C14H27NO2. The van der Waals surface area contributed by atoms with Crippen molar-refractivity contribution in [1.29, 1.82) is 0 Å². The fourth-order valence-electron chi connectivity index (χ4n) is 2.50. The van der Waals surface area contributed by atoms with E-state index in [2.05, 4.69) is 25.7 Å². The van der Waals surface area contributed by atoms with Gasteiger partial charge in [-0.25, -0.2) is 0 Å². The molecule has 1 aliphatic rings. The third-order valence-corrected chi connectivity index (χ3v) is 4.13. The summed E-state index contributed by atoms with van der Waals surface area (Å²) in [6.45, 7) is 10.1. The molecule has 0 aliphatic carbocycles. The van der Waals surface area contributed by atoms with Crippen molar-refractivity contribution in [3.63, 3.8) is 0 Å². The number of aldehydes is 1. The maximum absolute atomic E-state index is 11.3. The molecule has 1 fully saturated rings. The molecule has 3 nitrogen and oxygen atoms in total. The van der Waals surface area contributed by atoms with Gasteiger partial charge in [-0.2, -0.15) is 0 Å². The number of hydrogen-bond donors (Lipinski definition) is 0. The van der Waals surface area contributed by atoms with Crippen molar-refractivity contribution in [2.45, 2.75) is 52.6 Å². The molecule has 1 unspecified atom stereocenters. The largest absolute Gasteiger partial charge is 0.377 e. The molecule has 0 aromatic heterocycles. The van der Waals surface area contributed by atoms with Crippen LogP contribution in [0.25, 0.3) is 0 Å². The van der Waals surface area contributed by atoms with Gasteiger partial charge in [-0.15, -0.1) is 0 Å². The van der Waals surface area contributed by atoms with Gasteiger partial charge in [0.15, 0.2) is 0 Å². The van der Waals surface area contributed by atoms with Gasteiger partial charge >= 0.3 is 0 Å². The first-order chi connectivity index (χ1) is 8.19. The molecule has 1 heterocycles. The molecule has 3 heteroatoms. The molecular weight excluding hydrogens is 214 g/mol. The summed E-state index contributed by atoms with van der Waals surface area (Å²) < 4.78 is 5.67. The van der Waals surface area contributed by atoms with Crippen LogP contribution in [0.1, 0.15) is 46.5 Å². The number of rotatable bonds is 8. The van der Waals surface area contributed by atoms with Gasteiger partial charge in [0.05, 0.1) is 6.10 Å². The first kappa shape index (κ1) is 14.7. The van der Waals surface area contributed by atoms with E-state index in [1.54, 1.807) is 0 Å². The fraction of sp³-hybridized carbons (Fsp3) is 0.929. The minimum Gasteiger partial charge on any atom is -0.377 e. The number of ether oxygens (including phenoxy) is 1. The maximum Gasteiger partial charge on any atom is 0.127 e. The second-order valence-electron chi connectivity index (χ2n) is 5.15. The molecule has 0 N–H and O–H groups in total. The van der Waals surface area contributed by atoms with Gasteiger partial charge in [0.25, 0.3) is 0 Å². The highest BCUT2D eigenvalue weighted by atomic mass is 16.5. The molecule has 0 amide bonds. The average Bonchev–Trinajstić information content (AvgIpc) is 2.87. The van der Waals surface area contributed by atoms with Crippen molar-refractivity contribution < 1.29 is 9.53 Å². The number of likely N-dealkylation sites (N-methyl/N-ethyl adjacent to an activating group) is 1. The Morgan fingerprint density at radius 1 is 1.35 bits per heavy atom. The first-order valence-electron chi connectivity index (χ1n) is 7.00. The van der Waals surface area contributed by atoms with Crippen molar-refractivity contribution in [1.82, 2.24) is 4.90 Å². The van der Waals surface area contributed by atoms with Crippen molar-refractivity contribution in [3.8, 4) is 0 Å². The zero-order chi connectivity index (χ0) is 12.7. The van der Waals surface area contributed by atoms with Gasteiger partial charge in [0, 0.05) is 25.1 Å². The van der Waals surface area contributed by atoms with Gasteiger partial charge in [-0.05, 0) is 32.2 Å². The Labute approximate surface area is 106 Å². The van der Waals surface area contributed by atoms with E-state index in [4.69, 9.17) is 4.74 Å². The second-order valence-corrected chi connectivity index (χ2v) is 5.15. The lowest BCUT2D eigenvalue weighted by Gasteiger charge is -2.33. The van der Waals surface area contributed by atoms with E-state index >= 15 is 0 Å². The molecule has 1 atom stereocenters. The third kappa shape index (κ3) is 4.07. The molecule has 100 valence electrons. The molecule has 0 saturated carbocycles. The Morgan fingerprint density at radius 2 is 2.06 bits per heavy atom. The lowest BCUT2D eigenvalue weighted by molar-refractivity contribution is -0.118. The molecule has 1 saturated heterocycles. The van der Waals surface area contributed by atoms with Gasteiger partial charge in [0.2, 0.25) is 0 Å². The van der Waals surface area contributed by atoms with Crippen LogP contribution in [0.2, 0.25) is 0 Å². The quantitative estimate of drug-likeness (QED) is 0.611. The summed E-state index contributed by atoms with van der Waals surface area (Å²) in [5.74, 6) is 0. The molecule has 0 bridgehead atoms. The van der Waals surface area contributed by atoms with E-state index in [1.165, 1.54) is 12.8 Å². The normalized spacial score (nSPS) is 21.1. The lowest BCUT2D eigenvalue weighted by Crippen LogP contribution is -2.41. The summed E-state index contributed by atoms with van der Waals surface area (Å²) in [5.41, 5.74) is -0.158. The monoisotopic (exact) mass is 241 g/mol. The van der Waals surface area contributed by atoms with Crippen molar-refractivity contribution >= 4 is 6.29 Å². The van der Waals surface area contributed by atoms with Crippen LogP contribution in [0.4, 0.5) is 0 Å². The zero-order valence-corrected chi connectivity index (χ0v) is 11.6. The number of carbonyl (C=O) groups excluding carboxylic acids is 1. The van der Waals surface area contributed by atoms with Crippen molar-refractivity contribution in [2.75, 3.05) is 26.2 Å². The Bertz CT molecular complexity index is 220. The van der Waals surface area contributed by atoms with Crippen LogP contribution in [0.15, 0.2) is 0 Å². The lowest BCUT2D eigenvalue weighted by atomic mass is 9.83. The van der Waals surface area contributed by atoms with Gasteiger partial charge in [-0.1, -0.05) is 20.8 Å². The van der Waals surface area contributed by atoms with E-state index in [0.29, 0.717) is 6.10 Å². The first-order valence-corrected chi connectivity index (χ1v) is 7.00.